The number of carbonyl (C=O) groups excluding carboxylic acids is 1. The van der Waals surface area contributed by atoms with Crippen molar-refractivity contribution >= 4 is 23.1 Å². The number of esters is 1. The molecule has 0 amide bonds. The van der Waals surface area contributed by atoms with Crippen LogP contribution < -0.4 is 38.5 Å². The van der Waals surface area contributed by atoms with Crippen LogP contribution in [0.15, 0.2) is 108 Å². The smallest absolute Gasteiger partial charge is 0.344 e. The second-order valence-electron chi connectivity index (χ2n) is 16.7. The highest BCUT2D eigenvalue weighted by Crippen LogP contribution is 2.49. The minimum Gasteiger partial charge on any atom is -1.00 e. The molecule has 7 nitrogen and oxygen atoms in total. The second kappa shape index (κ2) is 18.5. The maximum atomic E-state index is 15.0. The summed E-state index contributed by atoms with van der Waals surface area (Å²) in [5.41, 5.74) is 12.2. The standard InChI is InChI=1S/C49H59F2N4O3.HI/c1-8-54-41-20-13-11-18-37(41)48(4,5)43(54)24-22-35-16-15-17-36(23-25-44-49(6,7)38-19-12-14-21-42(38)55(44)9-2)46(35)53-28-26-52(27-29-53)32-34-30-39(50)47(40(51)31-34)58-33-45(56)57-10-3;/h11-14,18-25,30-31H,8-10,15-17,26-29,32-33H2,1-7H3;1H/q+1;/p-1. The number of likely N-dealkylation sites (N-methyl/N-ethyl adjacent to an activating group) is 2. The van der Waals surface area contributed by atoms with Gasteiger partial charge in [0.15, 0.2) is 37.1 Å². The van der Waals surface area contributed by atoms with Crippen molar-refractivity contribution in [3.05, 3.63) is 136 Å². The lowest BCUT2D eigenvalue weighted by Crippen LogP contribution is -3.00. The summed E-state index contributed by atoms with van der Waals surface area (Å²) in [7, 11) is 0. The highest BCUT2D eigenvalue weighted by Gasteiger charge is 2.41. The lowest BCUT2D eigenvalue weighted by Gasteiger charge is -2.29. The zero-order chi connectivity index (χ0) is 41.2. The van der Waals surface area contributed by atoms with Gasteiger partial charge in [-0.1, -0.05) is 76.2 Å². The Balaban J connectivity index is 0.00000585. The number of carbonyl (C=O) groups is 1. The van der Waals surface area contributed by atoms with Gasteiger partial charge in [0.05, 0.1) is 19.7 Å². The van der Waals surface area contributed by atoms with Crippen LogP contribution in [-0.2, 0) is 26.9 Å². The van der Waals surface area contributed by atoms with Crippen LogP contribution >= 0.6 is 0 Å². The monoisotopic (exact) mass is 916 g/mol. The Morgan fingerprint density at radius 1 is 0.763 bits per heavy atom. The molecular weight excluding hydrogens is 857 g/mol. The zero-order valence-corrected chi connectivity index (χ0v) is 37.9. The van der Waals surface area contributed by atoms with Crippen LogP contribution in [0.1, 0.15) is 84.4 Å². The van der Waals surface area contributed by atoms with Crippen molar-refractivity contribution in [1.29, 1.82) is 0 Å². The molecule has 59 heavy (non-hydrogen) atoms. The SMILES string of the molecule is CCOC(=O)COc1c(F)cc(CN2CC[N+](=C3C(=CC=C4N(CC)c5ccccc5C4(C)C)CCC/C3=C\C=C3\N(CC)c4ccccc4C3(C)C)CC2)cc1F.[I-]. The average molecular weight is 917 g/mol. The number of anilines is 2. The predicted molar refractivity (Wildman–Crippen MR) is 230 cm³/mol. The normalized spacial score (nSPS) is 21.3. The van der Waals surface area contributed by atoms with Crippen LogP contribution in [0.4, 0.5) is 20.2 Å². The summed E-state index contributed by atoms with van der Waals surface area (Å²) in [6.07, 6.45) is 12.6. The zero-order valence-electron chi connectivity index (χ0n) is 35.7. The molecule has 2 fully saturated rings. The number of nitrogens with zero attached hydrogens (tertiary/aromatic N) is 4. The van der Waals surface area contributed by atoms with Gasteiger partial charge in [-0.25, -0.2) is 18.2 Å². The lowest BCUT2D eigenvalue weighted by atomic mass is 9.82. The van der Waals surface area contributed by atoms with E-state index < -0.39 is 30.0 Å². The number of ether oxygens (including phenoxy) is 2. The minimum absolute atomic E-state index is 0. The Morgan fingerprint density at radius 2 is 1.25 bits per heavy atom. The van der Waals surface area contributed by atoms with Gasteiger partial charge in [0.1, 0.15) is 0 Å². The van der Waals surface area contributed by atoms with E-state index in [4.69, 9.17) is 9.47 Å². The van der Waals surface area contributed by atoms with E-state index in [1.807, 2.05) is 0 Å². The summed E-state index contributed by atoms with van der Waals surface area (Å²) in [6.45, 7) is 20.3. The fraction of sp³-hybridized carbons (Fsp3) is 0.429. The van der Waals surface area contributed by atoms with Crippen LogP contribution in [0.5, 0.6) is 5.75 Å². The molecule has 4 aliphatic rings. The van der Waals surface area contributed by atoms with Gasteiger partial charge >= 0.3 is 5.97 Å². The Labute approximate surface area is 366 Å². The Morgan fingerprint density at radius 3 is 1.73 bits per heavy atom. The number of hydrogen-bond donors (Lipinski definition) is 0. The van der Waals surface area contributed by atoms with Gasteiger partial charge in [-0.3, -0.25) is 4.90 Å². The third kappa shape index (κ3) is 8.81. The first kappa shape index (κ1) is 44.3. The number of benzene rings is 3. The predicted octanol–water partition coefficient (Wildman–Crippen LogP) is 6.62. The number of hydrogen-bond acceptors (Lipinski definition) is 6. The molecule has 0 atom stereocenters. The van der Waals surface area contributed by atoms with Crippen molar-refractivity contribution in [2.75, 3.05) is 62.3 Å². The number of allylic oxidation sites excluding steroid dienone is 8. The molecule has 3 aliphatic heterocycles. The molecule has 0 spiro atoms. The van der Waals surface area contributed by atoms with Crippen molar-refractivity contribution in [3.63, 3.8) is 0 Å². The van der Waals surface area contributed by atoms with Gasteiger partial charge in [-0.05, 0) is 93.1 Å². The van der Waals surface area contributed by atoms with Gasteiger partial charge in [0.25, 0.3) is 0 Å². The molecule has 1 aliphatic carbocycles. The molecule has 3 heterocycles. The quantitative estimate of drug-likeness (QED) is 0.130. The van der Waals surface area contributed by atoms with Gasteiger partial charge in [0, 0.05) is 64.4 Å². The number of piperazine rings is 1. The van der Waals surface area contributed by atoms with Crippen molar-refractivity contribution in [2.24, 2.45) is 0 Å². The molecule has 3 aromatic rings. The lowest BCUT2D eigenvalue weighted by molar-refractivity contribution is -0.539. The second-order valence-corrected chi connectivity index (χ2v) is 16.7. The van der Waals surface area contributed by atoms with E-state index in [0.29, 0.717) is 12.1 Å². The van der Waals surface area contributed by atoms with Crippen molar-refractivity contribution in [1.82, 2.24) is 4.90 Å². The molecule has 0 unspecified atom stereocenters. The average Bonchev–Trinajstić information content (AvgIpc) is 3.57. The third-order valence-electron chi connectivity index (χ3n) is 12.4. The molecular formula is C49H59F2IN4O3. The van der Waals surface area contributed by atoms with Crippen LogP contribution in [0.3, 0.4) is 0 Å². The molecule has 7 rings (SSSR count). The van der Waals surface area contributed by atoms with Crippen molar-refractivity contribution in [2.45, 2.75) is 85.1 Å². The van der Waals surface area contributed by atoms with Crippen LogP contribution in [0.25, 0.3) is 0 Å². The maximum Gasteiger partial charge on any atom is 0.344 e. The molecule has 1 saturated carbocycles. The van der Waals surface area contributed by atoms with Gasteiger partial charge in [-0.15, -0.1) is 0 Å². The molecule has 0 N–H and O–H groups in total. The molecule has 3 aromatic carbocycles. The molecule has 0 radical (unpaired) electrons. The molecule has 314 valence electrons. The van der Waals surface area contributed by atoms with Crippen molar-refractivity contribution in [3.8, 4) is 5.75 Å². The molecule has 1 saturated heterocycles. The fourth-order valence-corrected chi connectivity index (χ4v) is 9.53. The first-order valence-corrected chi connectivity index (χ1v) is 21.1. The maximum absolute atomic E-state index is 15.0. The first-order valence-electron chi connectivity index (χ1n) is 21.1. The van der Waals surface area contributed by atoms with E-state index in [9.17, 15) is 4.79 Å². The minimum atomic E-state index is -0.825. The van der Waals surface area contributed by atoms with Crippen LogP contribution in [0, 0.1) is 11.6 Å². The highest BCUT2D eigenvalue weighted by atomic mass is 127. The molecule has 10 heteroatoms. The summed E-state index contributed by atoms with van der Waals surface area (Å²) in [4.78, 5) is 18.9. The number of rotatable bonds is 10. The summed E-state index contributed by atoms with van der Waals surface area (Å²) in [5, 5.41) is 0. The van der Waals surface area contributed by atoms with Crippen molar-refractivity contribution < 1.29 is 51.6 Å². The van der Waals surface area contributed by atoms with Gasteiger partial charge < -0.3 is 43.3 Å². The summed E-state index contributed by atoms with van der Waals surface area (Å²) in [5.74, 6) is -2.88. The van der Waals surface area contributed by atoms with Gasteiger partial charge in [0.2, 0.25) is 5.71 Å². The Kier molecular flexibility index (Phi) is 13.9. The van der Waals surface area contributed by atoms with Crippen LogP contribution in [0.2, 0.25) is 0 Å². The topological polar surface area (TPSA) is 48.3 Å². The van der Waals surface area contributed by atoms with E-state index in [-0.39, 0.29) is 41.4 Å². The molecule has 0 aromatic heterocycles. The van der Waals surface area contributed by atoms with Gasteiger partial charge in [-0.2, -0.15) is 0 Å². The van der Waals surface area contributed by atoms with E-state index in [2.05, 4.69) is 134 Å². The van der Waals surface area contributed by atoms with E-state index in [1.165, 1.54) is 62.9 Å². The van der Waals surface area contributed by atoms with E-state index >= 15 is 8.78 Å². The first-order chi connectivity index (χ1) is 27.9. The summed E-state index contributed by atoms with van der Waals surface area (Å²) in [6, 6.07) is 20.2. The Hall–Kier alpha value is -4.29. The van der Waals surface area contributed by atoms with Crippen LogP contribution in [-0.4, -0.2) is 73.6 Å². The van der Waals surface area contributed by atoms with E-state index in [0.717, 1.165) is 58.5 Å². The third-order valence-corrected chi connectivity index (χ3v) is 12.4. The largest absolute Gasteiger partial charge is 1.00 e. The summed E-state index contributed by atoms with van der Waals surface area (Å²) < 4.78 is 42.6. The van der Waals surface area contributed by atoms with E-state index in [1.54, 1.807) is 6.92 Å². The Bertz CT molecular complexity index is 2090. The fourth-order valence-electron chi connectivity index (χ4n) is 9.53. The summed E-state index contributed by atoms with van der Waals surface area (Å²) >= 11 is 0. The number of para-hydroxylation sites is 2. The highest BCUT2D eigenvalue weighted by molar-refractivity contribution is 6.10. The number of fused-ring (bicyclic) bond motifs is 2. The number of halogens is 3. The molecule has 0 bridgehead atoms.